The van der Waals surface area contributed by atoms with E-state index in [9.17, 15) is 14.7 Å². The number of aliphatic carboxylic acids is 1. The Morgan fingerprint density at radius 1 is 1.09 bits per heavy atom. The molecule has 2 aromatic carbocycles. The highest BCUT2D eigenvalue weighted by Gasteiger charge is 2.55. The average Bonchev–Trinajstić information content (AvgIpc) is 3.18. The number of carboxylic acids is 1. The molecule has 3 aliphatic heterocycles. The molecule has 2 N–H and O–H groups in total. The van der Waals surface area contributed by atoms with Crippen LogP contribution in [0.25, 0.3) is 11.1 Å². The number of ether oxygens (including phenoxy) is 1. The van der Waals surface area contributed by atoms with E-state index in [4.69, 9.17) is 4.74 Å². The van der Waals surface area contributed by atoms with Gasteiger partial charge in [-0.3, -0.25) is 9.59 Å². The number of carbonyl (C=O) groups is 2. The highest BCUT2D eigenvalue weighted by molar-refractivity contribution is 5.83. The molecule has 7 nitrogen and oxygen atoms in total. The second kappa shape index (κ2) is 8.10. The van der Waals surface area contributed by atoms with E-state index in [-0.39, 0.29) is 12.0 Å². The van der Waals surface area contributed by atoms with Gasteiger partial charge in [-0.1, -0.05) is 36.4 Å². The second-order valence-corrected chi connectivity index (χ2v) is 10.3. The zero-order valence-corrected chi connectivity index (χ0v) is 19.5. The molecule has 2 saturated heterocycles. The molecule has 1 unspecified atom stereocenters. The molecule has 178 valence electrons. The Bertz CT molecular complexity index is 1120. The van der Waals surface area contributed by atoms with E-state index in [0.29, 0.717) is 17.9 Å². The number of nitrogens with zero attached hydrogens (tertiary/aromatic N) is 2. The van der Waals surface area contributed by atoms with Crippen LogP contribution >= 0.6 is 0 Å². The fourth-order valence-corrected chi connectivity index (χ4v) is 6.21. The van der Waals surface area contributed by atoms with E-state index in [0.717, 1.165) is 61.2 Å². The first-order valence-electron chi connectivity index (χ1n) is 12.3. The van der Waals surface area contributed by atoms with Crippen molar-refractivity contribution in [1.82, 2.24) is 10.3 Å². The van der Waals surface area contributed by atoms with Crippen LogP contribution in [0.5, 0.6) is 0 Å². The summed E-state index contributed by atoms with van der Waals surface area (Å²) in [5.41, 5.74) is 8.63. The van der Waals surface area contributed by atoms with Crippen LogP contribution in [0.3, 0.4) is 0 Å². The van der Waals surface area contributed by atoms with Crippen LogP contribution < -0.4 is 10.4 Å². The quantitative estimate of drug-likeness (QED) is 0.723. The van der Waals surface area contributed by atoms with Crippen molar-refractivity contribution in [3.63, 3.8) is 0 Å². The van der Waals surface area contributed by atoms with Gasteiger partial charge in [-0.15, -0.1) is 0 Å². The summed E-state index contributed by atoms with van der Waals surface area (Å²) in [4.78, 5) is 26.2. The van der Waals surface area contributed by atoms with Crippen LogP contribution in [0.4, 0.5) is 5.69 Å². The third-order valence-electron chi connectivity index (χ3n) is 8.38. The topological polar surface area (TPSA) is 82.1 Å². The van der Waals surface area contributed by atoms with Crippen molar-refractivity contribution in [3.05, 3.63) is 53.6 Å². The SMILES string of the molecule is CN1NC(C(=O)O)c2ccc(-c3ccc([C@@H]4CC45CCN(C(=O)[C@H]4CCCO4)CC5)cc3)cc21. The number of likely N-dealkylation sites (tertiary alicyclic amines) is 1. The highest BCUT2D eigenvalue weighted by atomic mass is 16.5. The number of benzene rings is 2. The number of amides is 1. The molecule has 3 atom stereocenters. The van der Waals surface area contributed by atoms with Crippen molar-refractivity contribution < 1.29 is 19.4 Å². The summed E-state index contributed by atoms with van der Waals surface area (Å²) in [7, 11) is 1.85. The molecule has 1 spiro atoms. The van der Waals surface area contributed by atoms with Crippen molar-refractivity contribution in [2.45, 2.75) is 50.2 Å². The molecule has 6 rings (SSSR count). The fraction of sp³-hybridized carbons (Fsp3) is 0.481. The van der Waals surface area contributed by atoms with E-state index >= 15 is 0 Å². The number of piperidine rings is 1. The average molecular weight is 462 g/mol. The van der Waals surface area contributed by atoms with Gasteiger partial charge in [-0.2, -0.15) is 0 Å². The van der Waals surface area contributed by atoms with Gasteiger partial charge in [-0.05, 0) is 66.2 Å². The first-order valence-corrected chi connectivity index (χ1v) is 12.3. The molecule has 0 radical (unpaired) electrons. The van der Waals surface area contributed by atoms with Gasteiger partial charge >= 0.3 is 5.97 Å². The zero-order chi connectivity index (χ0) is 23.4. The van der Waals surface area contributed by atoms with Gasteiger partial charge in [0.25, 0.3) is 5.91 Å². The number of fused-ring (bicyclic) bond motifs is 1. The van der Waals surface area contributed by atoms with Gasteiger partial charge in [0.2, 0.25) is 0 Å². The molecule has 0 bridgehead atoms. The lowest BCUT2D eigenvalue weighted by molar-refractivity contribution is -0.142. The first kappa shape index (κ1) is 21.6. The van der Waals surface area contributed by atoms with Gasteiger partial charge < -0.3 is 19.8 Å². The predicted molar refractivity (Wildman–Crippen MR) is 128 cm³/mol. The molecule has 2 aromatic rings. The van der Waals surface area contributed by atoms with Crippen LogP contribution in [0.1, 0.15) is 55.2 Å². The van der Waals surface area contributed by atoms with Crippen molar-refractivity contribution in [3.8, 4) is 11.1 Å². The maximum atomic E-state index is 12.7. The van der Waals surface area contributed by atoms with Crippen LogP contribution in [0, 0.1) is 5.41 Å². The van der Waals surface area contributed by atoms with Crippen LogP contribution in [-0.4, -0.2) is 54.7 Å². The van der Waals surface area contributed by atoms with Crippen LogP contribution in [0.15, 0.2) is 42.5 Å². The fourth-order valence-electron chi connectivity index (χ4n) is 6.21. The number of carbonyl (C=O) groups excluding carboxylic acids is 1. The summed E-state index contributed by atoms with van der Waals surface area (Å²) in [6.07, 6.45) is 5.02. The molecule has 34 heavy (non-hydrogen) atoms. The Morgan fingerprint density at radius 2 is 1.82 bits per heavy atom. The van der Waals surface area contributed by atoms with Gasteiger partial charge in [0, 0.05) is 32.3 Å². The standard InChI is InChI=1S/C27H31N3O4/c1-29-22-15-19(8-9-20(22)24(28-29)26(32)33)17-4-6-18(7-5-17)21-16-27(21)10-12-30(13-11-27)25(31)23-3-2-14-34-23/h4-9,15,21,23-24,28H,2-3,10-14,16H2,1H3,(H,32,33)/t21-,23+,24?/m0/s1. The molecule has 3 heterocycles. The van der Waals surface area contributed by atoms with E-state index < -0.39 is 12.0 Å². The molecular weight excluding hydrogens is 430 g/mol. The lowest BCUT2D eigenvalue weighted by Crippen LogP contribution is -2.44. The Kier molecular flexibility index (Phi) is 5.15. The number of hydrogen-bond acceptors (Lipinski definition) is 5. The van der Waals surface area contributed by atoms with E-state index in [2.05, 4.69) is 35.8 Å². The second-order valence-electron chi connectivity index (χ2n) is 10.3. The van der Waals surface area contributed by atoms with Crippen LogP contribution in [0.2, 0.25) is 0 Å². The number of rotatable bonds is 4. The third kappa shape index (κ3) is 3.58. The van der Waals surface area contributed by atoms with Gasteiger partial charge in [0.15, 0.2) is 6.04 Å². The van der Waals surface area contributed by atoms with Gasteiger partial charge in [-0.25, -0.2) is 5.43 Å². The minimum absolute atomic E-state index is 0.193. The van der Waals surface area contributed by atoms with Crippen molar-refractivity contribution in [2.75, 3.05) is 31.8 Å². The lowest BCUT2D eigenvalue weighted by atomic mass is 9.88. The van der Waals surface area contributed by atoms with Gasteiger partial charge in [0.1, 0.15) is 6.10 Å². The monoisotopic (exact) mass is 461 g/mol. The summed E-state index contributed by atoms with van der Waals surface area (Å²) in [5, 5.41) is 11.2. The molecule has 4 aliphatic rings. The highest BCUT2D eigenvalue weighted by Crippen LogP contribution is 2.65. The number of carboxylic acid groups (broad SMARTS) is 1. The number of hydrogen-bond donors (Lipinski definition) is 2. The van der Waals surface area contributed by atoms with Crippen molar-refractivity contribution in [1.29, 1.82) is 0 Å². The molecule has 7 heteroatoms. The number of anilines is 1. The Labute approximate surface area is 199 Å². The minimum atomic E-state index is -0.872. The van der Waals surface area contributed by atoms with E-state index in [1.165, 1.54) is 12.0 Å². The van der Waals surface area contributed by atoms with E-state index in [1.807, 2.05) is 24.1 Å². The summed E-state index contributed by atoms with van der Waals surface area (Å²) in [6, 6.07) is 14.1. The number of hydrazine groups is 1. The van der Waals surface area contributed by atoms with Crippen molar-refractivity contribution in [2.24, 2.45) is 5.41 Å². The molecule has 1 saturated carbocycles. The summed E-state index contributed by atoms with van der Waals surface area (Å²) < 4.78 is 5.60. The minimum Gasteiger partial charge on any atom is -0.480 e. The Morgan fingerprint density at radius 3 is 2.50 bits per heavy atom. The molecule has 1 amide bonds. The maximum absolute atomic E-state index is 12.7. The normalized spacial score (nSPS) is 27.1. The summed E-state index contributed by atoms with van der Waals surface area (Å²) in [5.74, 6) is -0.102. The molecule has 3 fully saturated rings. The molecular formula is C27H31N3O4. The summed E-state index contributed by atoms with van der Waals surface area (Å²) >= 11 is 0. The Balaban J connectivity index is 1.12. The Hall–Kier alpha value is -2.90. The van der Waals surface area contributed by atoms with Gasteiger partial charge in [0.05, 0.1) is 5.69 Å². The summed E-state index contributed by atoms with van der Waals surface area (Å²) in [6.45, 7) is 2.41. The largest absolute Gasteiger partial charge is 0.480 e. The molecule has 0 aromatic heterocycles. The smallest absolute Gasteiger partial charge is 0.327 e. The third-order valence-corrected chi connectivity index (χ3v) is 8.38. The zero-order valence-electron chi connectivity index (χ0n) is 19.5. The first-order chi connectivity index (χ1) is 16.4. The van der Waals surface area contributed by atoms with Crippen LogP contribution in [-0.2, 0) is 14.3 Å². The maximum Gasteiger partial charge on any atom is 0.327 e. The van der Waals surface area contributed by atoms with Crippen molar-refractivity contribution >= 4 is 17.6 Å². The predicted octanol–water partition coefficient (Wildman–Crippen LogP) is 3.71. The van der Waals surface area contributed by atoms with E-state index in [1.54, 1.807) is 5.01 Å². The number of nitrogens with one attached hydrogen (secondary N) is 1. The lowest BCUT2D eigenvalue weighted by Gasteiger charge is -2.34. The molecule has 1 aliphatic carbocycles.